The number of aryl methyl sites for hydroxylation is 2. The van der Waals surface area contributed by atoms with Gasteiger partial charge in [-0.2, -0.15) is 0 Å². The van der Waals surface area contributed by atoms with E-state index in [1.165, 1.54) is 18.2 Å². The zero-order valence-corrected chi connectivity index (χ0v) is 19.0. The van der Waals surface area contributed by atoms with Gasteiger partial charge in [0.25, 0.3) is 10.0 Å². The number of ether oxygens (including phenoxy) is 1. The maximum atomic E-state index is 13.0. The molecule has 1 aliphatic carbocycles. The predicted octanol–water partition coefficient (Wildman–Crippen LogP) is 3.71. The Morgan fingerprint density at radius 2 is 1.87 bits per heavy atom. The molecule has 1 saturated carbocycles. The highest BCUT2D eigenvalue weighted by Gasteiger charge is 2.35. The zero-order chi connectivity index (χ0) is 22.6. The Hall–Kier alpha value is -2.58. The van der Waals surface area contributed by atoms with Gasteiger partial charge in [-0.3, -0.25) is 9.52 Å². The molecule has 0 bridgehead atoms. The number of sulfonamides is 1. The topological polar surface area (TPSA) is 105 Å². The largest absolute Gasteiger partial charge is 0.492 e. The minimum absolute atomic E-state index is 0.00882. The van der Waals surface area contributed by atoms with Gasteiger partial charge in [-0.05, 0) is 74.4 Å². The molecular weight excluding hydrogens is 416 g/mol. The summed E-state index contributed by atoms with van der Waals surface area (Å²) in [4.78, 5) is 12.5. The second-order valence-electron chi connectivity index (χ2n) is 7.81. The fourth-order valence-corrected chi connectivity index (χ4v) is 4.80. The molecule has 0 spiro atoms. The summed E-state index contributed by atoms with van der Waals surface area (Å²) in [6.45, 7) is 5.82. The van der Waals surface area contributed by atoms with Gasteiger partial charge in [-0.15, -0.1) is 0 Å². The first kappa shape index (κ1) is 23.1. The Balaban J connectivity index is 1.84. The van der Waals surface area contributed by atoms with Crippen molar-refractivity contribution in [3.63, 3.8) is 0 Å². The molecule has 31 heavy (non-hydrogen) atoms. The molecule has 2 aromatic carbocycles. The van der Waals surface area contributed by atoms with Crippen LogP contribution in [-0.4, -0.2) is 32.6 Å². The van der Waals surface area contributed by atoms with Crippen LogP contribution in [0.1, 0.15) is 37.8 Å². The average Bonchev–Trinajstić information content (AvgIpc) is 3.54. The third-order valence-electron chi connectivity index (χ3n) is 5.50. The van der Waals surface area contributed by atoms with E-state index in [1.54, 1.807) is 19.1 Å². The van der Waals surface area contributed by atoms with Crippen molar-refractivity contribution in [3.05, 3.63) is 47.5 Å². The zero-order valence-electron chi connectivity index (χ0n) is 18.1. The highest BCUT2D eigenvalue weighted by molar-refractivity contribution is 7.92. The van der Waals surface area contributed by atoms with Crippen molar-refractivity contribution < 1.29 is 23.1 Å². The lowest BCUT2D eigenvalue weighted by Crippen LogP contribution is -2.27. The Bertz CT molecular complexity index is 1050. The van der Waals surface area contributed by atoms with Gasteiger partial charge in [0, 0.05) is 17.4 Å². The van der Waals surface area contributed by atoms with Crippen LogP contribution in [0.3, 0.4) is 0 Å². The van der Waals surface area contributed by atoms with E-state index in [4.69, 9.17) is 4.74 Å². The predicted molar refractivity (Wildman–Crippen MR) is 121 cm³/mol. The summed E-state index contributed by atoms with van der Waals surface area (Å²) < 4.78 is 34.3. The number of hydrogen-bond acceptors (Lipinski definition) is 5. The number of nitrogens with one attached hydrogen (secondary N) is 2. The molecule has 3 N–H and O–H groups in total. The van der Waals surface area contributed by atoms with Crippen molar-refractivity contribution in [2.24, 2.45) is 11.8 Å². The molecule has 0 aromatic heterocycles. The second kappa shape index (κ2) is 9.70. The lowest BCUT2D eigenvalue weighted by atomic mass is 10.0. The molecular formula is C23H30N2O5S. The van der Waals surface area contributed by atoms with Crippen molar-refractivity contribution in [3.8, 4) is 5.75 Å². The van der Waals surface area contributed by atoms with Crippen LogP contribution in [0.4, 0.5) is 11.4 Å². The van der Waals surface area contributed by atoms with Crippen LogP contribution >= 0.6 is 0 Å². The normalized spacial score (nSPS) is 14.7. The monoisotopic (exact) mass is 446 g/mol. The summed E-state index contributed by atoms with van der Waals surface area (Å²) in [7, 11) is -3.90. The van der Waals surface area contributed by atoms with Crippen LogP contribution in [0.25, 0.3) is 0 Å². The van der Waals surface area contributed by atoms with Crippen LogP contribution in [0.15, 0.2) is 41.3 Å². The standard InChI is InChI=1S/C23H30N2O5S/c1-4-16-8-9-19(12-15(16)3)25-31(28,29)22-11-10-18(13-21(22)30-5-2)24-23(27)20(14-26)17-6-7-17/h8-13,17,20,25-26H,4-7,14H2,1-3H3,(H,24,27)/t20-/m0/s1. The molecule has 1 fully saturated rings. The first-order chi connectivity index (χ1) is 14.8. The van der Waals surface area contributed by atoms with Crippen LogP contribution in [0.5, 0.6) is 5.75 Å². The summed E-state index contributed by atoms with van der Waals surface area (Å²) >= 11 is 0. The van der Waals surface area contributed by atoms with Crippen LogP contribution < -0.4 is 14.8 Å². The van der Waals surface area contributed by atoms with Gasteiger partial charge in [-0.25, -0.2) is 8.42 Å². The molecule has 7 nitrogen and oxygen atoms in total. The maximum absolute atomic E-state index is 13.0. The number of amides is 1. The van der Waals surface area contributed by atoms with Gasteiger partial charge in [0.15, 0.2) is 0 Å². The molecule has 3 rings (SSSR count). The molecule has 0 heterocycles. The van der Waals surface area contributed by atoms with E-state index in [2.05, 4.69) is 10.0 Å². The van der Waals surface area contributed by atoms with Crippen molar-refractivity contribution in [2.45, 2.75) is 44.9 Å². The Morgan fingerprint density at radius 1 is 1.16 bits per heavy atom. The van der Waals surface area contributed by atoms with E-state index in [-0.39, 0.29) is 35.7 Å². The summed E-state index contributed by atoms with van der Waals surface area (Å²) in [5.41, 5.74) is 3.07. The van der Waals surface area contributed by atoms with E-state index >= 15 is 0 Å². The number of hydrogen-bond donors (Lipinski definition) is 3. The Labute approximate surface area is 183 Å². The van der Waals surface area contributed by atoms with E-state index in [1.807, 2.05) is 19.9 Å². The molecule has 0 aliphatic heterocycles. The molecule has 1 amide bonds. The first-order valence-corrected chi connectivity index (χ1v) is 12.1. The molecule has 0 saturated heterocycles. The lowest BCUT2D eigenvalue weighted by molar-refractivity contribution is -0.121. The van der Waals surface area contributed by atoms with Crippen molar-refractivity contribution in [2.75, 3.05) is 23.3 Å². The van der Waals surface area contributed by atoms with Gasteiger partial charge in [-0.1, -0.05) is 13.0 Å². The number of carbonyl (C=O) groups excluding carboxylic acids is 1. The molecule has 168 valence electrons. The second-order valence-corrected chi connectivity index (χ2v) is 9.46. The summed E-state index contributed by atoms with van der Waals surface area (Å²) in [5.74, 6) is -0.355. The van der Waals surface area contributed by atoms with E-state index in [0.717, 1.165) is 30.4 Å². The number of benzene rings is 2. The van der Waals surface area contributed by atoms with Crippen molar-refractivity contribution >= 4 is 27.3 Å². The molecule has 2 aromatic rings. The van der Waals surface area contributed by atoms with E-state index < -0.39 is 15.9 Å². The van der Waals surface area contributed by atoms with Crippen molar-refractivity contribution in [1.29, 1.82) is 0 Å². The number of aliphatic hydroxyl groups excluding tert-OH is 1. The van der Waals surface area contributed by atoms with E-state index in [0.29, 0.717) is 11.4 Å². The van der Waals surface area contributed by atoms with Gasteiger partial charge >= 0.3 is 0 Å². The Kier molecular flexibility index (Phi) is 7.23. The molecule has 8 heteroatoms. The Morgan fingerprint density at radius 3 is 2.45 bits per heavy atom. The van der Waals surface area contributed by atoms with Gasteiger partial charge in [0.1, 0.15) is 10.6 Å². The first-order valence-electron chi connectivity index (χ1n) is 10.6. The fraction of sp³-hybridized carbons (Fsp3) is 0.435. The molecule has 1 atom stereocenters. The highest BCUT2D eigenvalue weighted by Crippen LogP contribution is 2.37. The SMILES string of the molecule is CCOc1cc(NC(=O)[C@@H](CO)C2CC2)ccc1S(=O)(=O)Nc1ccc(CC)c(C)c1. The molecule has 0 unspecified atom stereocenters. The third-order valence-corrected chi connectivity index (χ3v) is 6.92. The van der Waals surface area contributed by atoms with Gasteiger partial charge in [0.2, 0.25) is 5.91 Å². The molecule has 0 radical (unpaired) electrons. The summed E-state index contributed by atoms with van der Waals surface area (Å²) in [6.07, 6.45) is 2.74. The molecule has 1 aliphatic rings. The van der Waals surface area contributed by atoms with E-state index in [9.17, 15) is 18.3 Å². The summed E-state index contributed by atoms with van der Waals surface area (Å²) in [5, 5.41) is 12.3. The van der Waals surface area contributed by atoms with Crippen LogP contribution in [0.2, 0.25) is 0 Å². The third kappa shape index (κ3) is 5.57. The number of aliphatic hydroxyl groups is 1. The van der Waals surface area contributed by atoms with Gasteiger partial charge < -0.3 is 15.2 Å². The fourth-order valence-electron chi connectivity index (χ4n) is 3.62. The average molecular weight is 447 g/mol. The quantitative estimate of drug-likeness (QED) is 0.516. The minimum Gasteiger partial charge on any atom is -0.492 e. The summed E-state index contributed by atoms with van der Waals surface area (Å²) in [6, 6.07) is 9.90. The maximum Gasteiger partial charge on any atom is 0.265 e. The number of anilines is 2. The number of carbonyl (C=O) groups is 1. The number of rotatable bonds is 10. The van der Waals surface area contributed by atoms with Crippen molar-refractivity contribution in [1.82, 2.24) is 0 Å². The minimum atomic E-state index is -3.90. The highest BCUT2D eigenvalue weighted by atomic mass is 32.2. The van der Waals surface area contributed by atoms with Gasteiger partial charge in [0.05, 0.1) is 19.1 Å². The van der Waals surface area contributed by atoms with Crippen LogP contribution in [-0.2, 0) is 21.2 Å². The van der Waals surface area contributed by atoms with Crippen LogP contribution in [0, 0.1) is 18.8 Å². The smallest absolute Gasteiger partial charge is 0.265 e. The lowest BCUT2D eigenvalue weighted by Gasteiger charge is -2.17.